The number of thioether (sulfide) groups is 1. The van der Waals surface area contributed by atoms with E-state index in [0.29, 0.717) is 5.69 Å². The van der Waals surface area contributed by atoms with E-state index in [1.165, 1.54) is 27.4 Å². The molecule has 0 amide bonds. The van der Waals surface area contributed by atoms with Gasteiger partial charge in [0.2, 0.25) is 5.16 Å². The Labute approximate surface area is 196 Å². The molecule has 12 heteroatoms. The number of carbonyl (C=O) groups excluding carboxylic acids is 1. The number of nitrogens with zero attached hydrogens (tertiary/aromatic N) is 6. The van der Waals surface area contributed by atoms with Gasteiger partial charge >= 0.3 is 5.69 Å². The van der Waals surface area contributed by atoms with Crippen molar-refractivity contribution in [2.45, 2.75) is 25.2 Å². The Kier molecular flexibility index (Phi) is 6.68. The normalized spacial score (nSPS) is 11.0. The highest BCUT2D eigenvalue weighted by Gasteiger charge is 2.23. The molecule has 0 unspecified atom stereocenters. The van der Waals surface area contributed by atoms with E-state index in [0.717, 1.165) is 21.9 Å². The first-order valence-electron chi connectivity index (χ1n) is 10.3. The maximum atomic E-state index is 13.6. The van der Waals surface area contributed by atoms with Crippen molar-refractivity contribution in [3.8, 4) is 5.69 Å². The Hall–Kier alpha value is -4.06. The van der Waals surface area contributed by atoms with Crippen LogP contribution >= 0.6 is 11.8 Å². The Morgan fingerprint density at radius 3 is 2.56 bits per heavy atom. The molecule has 4 rings (SSSR count). The molecule has 2 aromatic heterocycles. The number of halogens is 1. The van der Waals surface area contributed by atoms with Crippen molar-refractivity contribution in [2.75, 3.05) is 11.5 Å². The molecule has 2 heterocycles. The van der Waals surface area contributed by atoms with Crippen LogP contribution < -0.4 is 17.0 Å². The summed E-state index contributed by atoms with van der Waals surface area (Å²) in [7, 11) is 0. The number of hydrogen-bond acceptors (Lipinski definition) is 8. The zero-order valence-corrected chi connectivity index (χ0v) is 18.9. The first-order chi connectivity index (χ1) is 16.4. The number of tetrazole rings is 1. The topological polar surface area (TPSA) is 131 Å². The molecule has 0 atom stereocenters. The van der Waals surface area contributed by atoms with E-state index in [1.807, 2.05) is 30.3 Å². The van der Waals surface area contributed by atoms with E-state index < -0.39 is 22.8 Å². The molecule has 0 saturated carbocycles. The average molecular weight is 482 g/mol. The summed E-state index contributed by atoms with van der Waals surface area (Å²) < 4.78 is 17.1. The van der Waals surface area contributed by atoms with Crippen molar-refractivity contribution in [2.24, 2.45) is 0 Å². The number of ketones is 1. The van der Waals surface area contributed by atoms with Crippen LogP contribution in [0.2, 0.25) is 0 Å². The van der Waals surface area contributed by atoms with Crippen molar-refractivity contribution in [3.05, 3.63) is 92.4 Å². The molecule has 10 nitrogen and oxygen atoms in total. The van der Waals surface area contributed by atoms with E-state index in [9.17, 15) is 18.8 Å². The van der Waals surface area contributed by atoms with Gasteiger partial charge in [-0.1, -0.05) is 48.2 Å². The zero-order valence-electron chi connectivity index (χ0n) is 18.1. The molecule has 0 bridgehead atoms. The number of nitrogen functional groups attached to an aromatic ring is 1. The van der Waals surface area contributed by atoms with Gasteiger partial charge < -0.3 is 5.73 Å². The Bertz CT molecular complexity index is 1460. The van der Waals surface area contributed by atoms with Crippen LogP contribution in [0.1, 0.15) is 22.8 Å². The summed E-state index contributed by atoms with van der Waals surface area (Å²) in [6, 6.07) is 14.8. The molecule has 0 aliphatic carbocycles. The molecule has 0 radical (unpaired) electrons. The number of aromatic nitrogens is 6. The lowest BCUT2D eigenvalue weighted by atomic mass is 10.2. The van der Waals surface area contributed by atoms with Crippen LogP contribution in [0.4, 0.5) is 10.2 Å². The standard InChI is InChI=1S/C22H20FN7O3S/c1-2-28-20(32)18(19(24)29(22(28)33)12-14-7-4-3-5-8-14)17(31)13-34-21-25-26-27-30(21)16-10-6-9-15(23)11-16/h3-11H,2,12-13,24H2,1H3. The summed E-state index contributed by atoms with van der Waals surface area (Å²) in [6.07, 6.45) is 0. The summed E-state index contributed by atoms with van der Waals surface area (Å²) in [5.41, 5.74) is 5.74. The van der Waals surface area contributed by atoms with Crippen LogP contribution in [-0.2, 0) is 13.1 Å². The molecule has 0 aliphatic rings. The molecule has 34 heavy (non-hydrogen) atoms. The van der Waals surface area contributed by atoms with E-state index in [-0.39, 0.29) is 35.4 Å². The molecule has 4 aromatic rings. The van der Waals surface area contributed by atoms with Gasteiger partial charge in [-0.05, 0) is 41.1 Å². The lowest BCUT2D eigenvalue weighted by molar-refractivity contribution is 0.102. The van der Waals surface area contributed by atoms with Gasteiger partial charge in [0.05, 0.1) is 18.0 Å². The molecule has 174 valence electrons. The van der Waals surface area contributed by atoms with Crippen LogP contribution in [0.25, 0.3) is 5.69 Å². The quantitative estimate of drug-likeness (QED) is 0.298. The monoisotopic (exact) mass is 481 g/mol. The maximum absolute atomic E-state index is 13.6. The predicted octanol–water partition coefficient (Wildman–Crippen LogP) is 1.75. The van der Waals surface area contributed by atoms with Crippen LogP contribution in [0.3, 0.4) is 0 Å². The minimum absolute atomic E-state index is 0.0813. The number of benzene rings is 2. The van der Waals surface area contributed by atoms with Gasteiger partial charge in [-0.15, -0.1) is 5.10 Å². The van der Waals surface area contributed by atoms with Gasteiger partial charge in [-0.2, -0.15) is 4.68 Å². The van der Waals surface area contributed by atoms with E-state index in [4.69, 9.17) is 5.73 Å². The average Bonchev–Trinajstić information content (AvgIpc) is 3.30. The van der Waals surface area contributed by atoms with Crippen molar-refractivity contribution in [1.82, 2.24) is 29.3 Å². The third-order valence-corrected chi connectivity index (χ3v) is 5.99. The minimum Gasteiger partial charge on any atom is -0.384 e. The molecule has 2 N–H and O–H groups in total. The van der Waals surface area contributed by atoms with Crippen molar-refractivity contribution < 1.29 is 9.18 Å². The molecule has 0 fully saturated rings. The van der Waals surface area contributed by atoms with Crippen LogP contribution in [0.15, 0.2) is 69.3 Å². The maximum Gasteiger partial charge on any atom is 0.332 e. The molecular weight excluding hydrogens is 461 g/mol. The second-order valence-corrected chi connectivity index (χ2v) is 8.17. The lowest BCUT2D eigenvalue weighted by Crippen LogP contribution is -2.44. The highest BCUT2D eigenvalue weighted by atomic mass is 32.2. The highest BCUT2D eigenvalue weighted by molar-refractivity contribution is 7.99. The van der Waals surface area contributed by atoms with Gasteiger partial charge in [0.25, 0.3) is 5.56 Å². The van der Waals surface area contributed by atoms with Gasteiger partial charge in [-0.3, -0.25) is 18.7 Å². The summed E-state index contributed by atoms with van der Waals surface area (Å²) in [5.74, 6) is -1.46. The second kappa shape index (κ2) is 9.83. The van der Waals surface area contributed by atoms with Gasteiger partial charge in [0.15, 0.2) is 5.78 Å². The third kappa shape index (κ3) is 4.53. The largest absolute Gasteiger partial charge is 0.384 e. The van der Waals surface area contributed by atoms with E-state index in [2.05, 4.69) is 15.5 Å². The fourth-order valence-corrected chi connectivity index (χ4v) is 4.18. The molecule has 0 spiro atoms. The number of nitrogens with two attached hydrogens (primary N) is 1. The van der Waals surface area contributed by atoms with Crippen LogP contribution in [-0.4, -0.2) is 40.9 Å². The van der Waals surface area contributed by atoms with Crippen molar-refractivity contribution in [3.63, 3.8) is 0 Å². The Morgan fingerprint density at radius 1 is 1.09 bits per heavy atom. The molecular formula is C22H20FN7O3S. The van der Waals surface area contributed by atoms with Gasteiger partial charge in [-0.25, -0.2) is 9.18 Å². The van der Waals surface area contributed by atoms with Crippen LogP contribution in [0.5, 0.6) is 0 Å². The van der Waals surface area contributed by atoms with E-state index in [1.54, 1.807) is 13.0 Å². The number of carbonyl (C=O) groups is 1. The Balaban J connectivity index is 1.65. The molecule has 0 aliphatic heterocycles. The summed E-state index contributed by atoms with van der Waals surface area (Å²) in [5, 5.41) is 11.5. The summed E-state index contributed by atoms with van der Waals surface area (Å²) in [4.78, 5) is 38.9. The van der Waals surface area contributed by atoms with Crippen LogP contribution in [0, 0.1) is 5.82 Å². The zero-order chi connectivity index (χ0) is 24.2. The van der Waals surface area contributed by atoms with Gasteiger partial charge in [0, 0.05) is 6.54 Å². The Morgan fingerprint density at radius 2 is 1.85 bits per heavy atom. The second-order valence-electron chi connectivity index (χ2n) is 7.23. The first kappa shape index (κ1) is 23.1. The highest BCUT2D eigenvalue weighted by Crippen LogP contribution is 2.20. The van der Waals surface area contributed by atoms with Gasteiger partial charge in [0.1, 0.15) is 17.2 Å². The lowest BCUT2D eigenvalue weighted by Gasteiger charge is -2.15. The summed E-state index contributed by atoms with van der Waals surface area (Å²) in [6.45, 7) is 1.83. The number of rotatable bonds is 8. The summed E-state index contributed by atoms with van der Waals surface area (Å²) >= 11 is 0.966. The predicted molar refractivity (Wildman–Crippen MR) is 125 cm³/mol. The number of Topliss-reactive ketones (excluding diaryl/α,β-unsaturated/α-hetero) is 1. The fraction of sp³-hybridized carbons (Fsp3) is 0.182. The molecule has 0 saturated heterocycles. The number of hydrogen-bond donors (Lipinski definition) is 1. The minimum atomic E-state index is -0.746. The SMILES string of the molecule is CCn1c(=O)c(C(=O)CSc2nnnn2-c2cccc(F)c2)c(N)n(Cc2ccccc2)c1=O. The third-order valence-electron chi connectivity index (χ3n) is 5.07. The number of anilines is 1. The smallest absolute Gasteiger partial charge is 0.332 e. The van der Waals surface area contributed by atoms with E-state index >= 15 is 0 Å². The first-order valence-corrected chi connectivity index (χ1v) is 11.3. The fourth-order valence-electron chi connectivity index (χ4n) is 3.42. The molecule has 2 aromatic carbocycles. The van der Waals surface area contributed by atoms with Crippen molar-refractivity contribution >= 4 is 23.4 Å². The van der Waals surface area contributed by atoms with Crippen molar-refractivity contribution in [1.29, 1.82) is 0 Å².